The molecule has 1 aliphatic carbocycles. The largest absolute Gasteiger partial charge is 0.365 e. The molecule has 10 heteroatoms. The van der Waals surface area contributed by atoms with Crippen LogP contribution in [0, 0.1) is 10.1 Å². The lowest BCUT2D eigenvalue weighted by molar-refractivity contribution is -0.384. The maximum Gasteiger partial charge on any atom is 0.365 e. The number of rotatable bonds is 3. The van der Waals surface area contributed by atoms with E-state index in [1.807, 2.05) is 0 Å². The maximum atomic E-state index is 12.1. The summed E-state index contributed by atoms with van der Waals surface area (Å²) in [6, 6.07) is 4.97. The number of benzene rings is 1. The predicted molar refractivity (Wildman–Crippen MR) is 103 cm³/mol. The summed E-state index contributed by atoms with van der Waals surface area (Å²) in [6.45, 7) is 3.41. The second-order valence-electron chi connectivity index (χ2n) is 5.36. The van der Waals surface area contributed by atoms with Gasteiger partial charge in [0, 0.05) is 12.1 Å². The Morgan fingerprint density at radius 2 is 1.92 bits per heavy atom. The van der Waals surface area contributed by atoms with E-state index in [2.05, 4.69) is 52.9 Å². The molecule has 2 unspecified atom stereocenters. The molecule has 0 spiro atoms. The van der Waals surface area contributed by atoms with Crippen molar-refractivity contribution in [1.29, 1.82) is 0 Å². The Labute approximate surface area is 168 Å². The monoisotopic (exact) mass is 536 g/mol. The molecule has 0 radical (unpaired) electrons. The van der Waals surface area contributed by atoms with Crippen LogP contribution in [0.3, 0.4) is 0 Å². The van der Waals surface area contributed by atoms with Crippen LogP contribution in [0.1, 0.15) is 24.2 Å². The number of halogens is 3. The highest BCUT2D eigenvalue weighted by molar-refractivity contribution is 9.13. The molecule has 2 atom stereocenters. The van der Waals surface area contributed by atoms with Crippen molar-refractivity contribution in [2.75, 3.05) is 0 Å². The molecule has 0 bridgehead atoms. The van der Waals surface area contributed by atoms with E-state index >= 15 is 0 Å². The highest BCUT2D eigenvalue weighted by atomic mass is 79.9. The normalized spacial score (nSPS) is 25.2. The zero-order valence-corrected chi connectivity index (χ0v) is 17.7. The highest BCUT2D eigenvalue weighted by Gasteiger charge is 2.46. The number of carbonyl (C=O) groups excluding carboxylic acids is 2. The Morgan fingerprint density at radius 3 is 2.44 bits per heavy atom. The molecular weight excluding hydrogens is 528 g/mol. The van der Waals surface area contributed by atoms with E-state index in [9.17, 15) is 19.7 Å². The lowest BCUT2D eigenvalue weighted by Gasteiger charge is -2.33. The first-order valence-electron chi connectivity index (χ1n) is 6.85. The van der Waals surface area contributed by atoms with Crippen LogP contribution in [-0.4, -0.2) is 31.5 Å². The Hall–Kier alpha value is -1.39. The molecule has 0 aromatic heterocycles. The molecule has 0 saturated carbocycles. The van der Waals surface area contributed by atoms with Crippen molar-refractivity contribution in [1.82, 2.24) is 0 Å². The Morgan fingerprint density at radius 1 is 1.36 bits per heavy atom. The van der Waals surface area contributed by atoms with Gasteiger partial charge in [0.05, 0.1) is 24.1 Å². The molecule has 0 fully saturated rings. The van der Waals surface area contributed by atoms with Crippen LogP contribution in [0.5, 0.6) is 0 Å². The fourth-order valence-electron chi connectivity index (χ4n) is 2.15. The average Bonchev–Trinajstić information content (AvgIpc) is 2.58. The number of hydrogen-bond donors (Lipinski definition) is 0. The molecule has 7 nitrogen and oxygen atoms in total. The number of Topliss-reactive ketones (excluding diaryl/α,β-unsaturated/α-hetero) is 1. The third-order valence-electron chi connectivity index (χ3n) is 3.60. The summed E-state index contributed by atoms with van der Waals surface area (Å²) < 4.78 is -0.530. The molecule has 0 aliphatic heterocycles. The van der Waals surface area contributed by atoms with Gasteiger partial charge in [-0.3, -0.25) is 14.9 Å². The molecule has 2 rings (SSSR count). The van der Waals surface area contributed by atoms with E-state index in [1.54, 1.807) is 13.8 Å². The van der Waals surface area contributed by atoms with Crippen LogP contribution in [0.2, 0.25) is 0 Å². The van der Waals surface area contributed by atoms with Gasteiger partial charge in [-0.25, -0.2) is 4.79 Å². The molecule has 1 aromatic rings. The number of nitro benzene ring substituents is 1. The minimum Gasteiger partial charge on any atom is -0.312 e. The van der Waals surface area contributed by atoms with Crippen LogP contribution in [0.25, 0.3) is 0 Å². The Bertz CT molecular complexity index is 815. The highest BCUT2D eigenvalue weighted by Crippen LogP contribution is 2.40. The van der Waals surface area contributed by atoms with Crippen molar-refractivity contribution in [3.8, 4) is 0 Å². The number of ketones is 1. The van der Waals surface area contributed by atoms with E-state index < -0.39 is 20.0 Å². The maximum absolute atomic E-state index is 12.1. The molecule has 1 aliphatic rings. The van der Waals surface area contributed by atoms with E-state index in [1.165, 1.54) is 24.3 Å². The molecular formula is C15H11Br3N2O5. The third kappa shape index (κ3) is 3.90. The fraction of sp³-hybridized carbons (Fsp3) is 0.267. The van der Waals surface area contributed by atoms with Gasteiger partial charge in [-0.2, -0.15) is 0 Å². The molecule has 0 heterocycles. The number of oxime groups is 1. The van der Waals surface area contributed by atoms with Crippen LogP contribution in [-0.2, 0) is 9.63 Å². The number of carbonyl (C=O) groups is 2. The minimum atomic E-state index is -0.874. The Kier molecular flexibility index (Phi) is 5.95. The summed E-state index contributed by atoms with van der Waals surface area (Å²) in [5.74, 6) is -0.921. The molecule has 25 heavy (non-hydrogen) atoms. The van der Waals surface area contributed by atoms with Crippen molar-refractivity contribution >= 4 is 70.9 Å². The minimum absolute atomic E-state index is 0.120. The zero-order chi connectivity index (χ0) is 18.9. The first-order chi connectivity index (χ1) is 11.6. The number of non-ortho nitro benzene ring substituents is 1. The van der Waals surface area contributed by atoms with E-state index in [-0.39, 0.29) is 17.0 Å². The van der Waals surface area contributed by atoms with E-state index in [0.29, 0.717) is 15.8 Å². The topological polar surface area (TPSA) is 98.9 Å². The Balaban J connectivity index is 2.29. The number of alkyl halides is 2. The lowest BCUT2D eigenvalue weighted by Crippen LogP contribution is -2.47. The SMILES string of the molecule is CC1=C(Br)C(=O)C(Br)C(C)(Br)/C1=N/OC(=O)c1ccc([N+](=O)[O-])cc1. The third-order valence-corrected chi connectivity index (χ3v) is 7.37. The molecule has 0 saturated heterocycles. The summed E-state index contributed by atoms with van der Waals surface area (Å²) >= 11 is 9.97. The average molecular weight is 539 g/mol. The fourth-order valence-corrected chi connectivity index (χ4v) is 3.90. The number of hydrogen-bond acceptors (Lipinski definition) is 6. The van der Waals surface area contributed by atoms with Crippen molar-refractivity contribution < 1.29 is 19.3 Å². The number of nitro groups is 1. The molecule has 0 N–H and O–H groups in total. The van der Waals surface area contributed by atoms with Gasteiger partial charge in [0.1, 0.15) is 5.71 Å². The van der Waals surface area contributed by atoms with Gasteiger partial charge >= 0.3 is 5.97 Å². The quantitative estimate of drug-likeness (QED) is 0.248. The molecule has 1 aromatic carbocycles. The second-order valence-corrected chi connectivity index (χ2v) is 8.72. The van der Waals surface area contributed by atoms with Crippen molar-refractivity contribution in [2.24, 2.45) is 5.16 Å². The van der Waals surface area contributed by atoms with Crippen molar-refractivity contribution in [2.45, 2.75) is 23.0 Å². The van der Waals surface area contributed by atoms with E-state index in [0.717, 1.165) is 0 Å². The smallest absolute Gasteiger partial charge is 0.312 e. The van der Waals surface area contributed by atoms with Crippen LogP contribution < -0.4 is 0 Å². The first-order valence-corrected chi connectivity index (χ1v) is 9.35. The van der Waals surface area contributed by atoms with Crippen molar-refractivity contribution in [3.63, 3.8) is 0 Å². The molecule has 132 valence electrons. The van der Waals surface area contributed by atoms with Gasteiger partial charge in [0.2, 0.25) is 0 Å². The summed E-state index contributed by atoms with van der Waals surface area (Å²) in [5, 5.41) is 14.5. The van der Waals surface area contributed by atoms with Crippen molar-refractivity contribution in [3.05, 3.63) is 50.0 Å². The summed E-state index contributed by atoms with van der Waals surface area (Å²) in [4.78, 5) is 38.7. The van der Waals surface area contributed by atoms with E-state index in [4.69, 9.17) is 4.84 Å². The van der Waals surface area contributed by atoms with Crippen LogP contribution in [0.15, 0.2) is 39.5 Å². The summed E-state index contributed by atoms with van der Waals surface area (Å²) in [5.41, 5.74) is 0.897. The standard InChI is InChI=1S/C15H11Br3N2O5/c1-7-10(16)11(21)12(17)15(2,18)13(7)19-25-14(22)8-3-5-9(6-4-8)20(23)24/h3-6,12H,1-2H3/b19-13+. The summed E-state index contributed by atoms with van der Waals surface area (Å²) in [6.07, 6.45) is 0. The first kappa shape index (κ1) is 19.9. The number of nitrogens with zero attached hydrogens (tertiary/aromatic N) is 2. The zero-order valence-electron chi connectivity index (χ0n) is 13.0. The van der Waals surface area contributed by atoms with Crippen LogP contribution >= 0.6 is 47.8 Å². The molecule has 0 amide bonds. The van der Waals surface area contributed by atoms with Gasteiger partial charge in [-0.1, -0.05) is 37.0 Å². The summed E-state index contributed by atoms with van der Waals surface area (Å²) in [7, 11) is 0. The van der Waals surface area contributed by atoms with Gasteiger partial charge in [0.25, 0.3) is 5.69 Å². The second kappa shape index (κ2) is 7.46. The van der Waals surface area contributed by atoms with Gasteiger partial charge in [-0.05, 0) is 47.5 Å². The van der Waals surface area contributed by atoms with Crippen LogP contribution in [0.4, 0.5) is 5.69 Å². The van der Waals surface area contributed by atoms with Gasteiger partial charge in [0.15, 0.2) is 5.78 Å². The predicted octanol–water partition coefficient (Wildman–Crippen LogP) is 4.28. The number of allylic oxidation sites excluding steroid dienone is 2. The van der Waals surface area contributed by atoms with Gasteiger partial charge < -0.3 is 4.84 Å². The lowest BCUT2D eigenvalue weighted by atomic mass is 9.88. The van der Waals surface area contributed by atoms with Gasteiger partial charge in [-0.15, -0.1) is 0 Å².